The van der Waals surface area contributed by atoms with Crippen molar-refractivity contribution in [1.82, 2.24) is 9.80 Å². The van der Waals surface area contributed by atoms with E-state index in [0.29, 0.717) is 25.5 Å². The Morgan fingerprint density at radius 3 is 2.39 bits per heavy atom. The van der Waals surface area contributed by atoms with Gasteiger partial charge in [0.15, 0.2) is 0 Å². The molecule has 2 heterocycles. The number of carbonyl (C=O) groups is 2. The molecule has 0 aliphatic carbocycles. The number of fused-ring (bicyclic) bond motifs is 1. The van der Waals surface area contributed by atoms with E-state index in [4.69, 9.17) is 9.47 Å². The van der Waals surface area contributed by atoms with Crippen LogP contribution in [0.4, 0.5) is 10.5 Å². The van der Waals surface area contributed by atoms with Crippen LogP contribution in [0.25, 0.3) is 0 Å². The molecule has 0 N–H and O–H groups in total. The van der Waals surface area contributed by atoms with Crippen molar-refractivity contribution < 1.29 is 19.1 Å². The molecule has 2 aromatic carbocycles. The predicted octanol–water partition coefficient (Wildman–Crippen LogP) is 4.97. The minimum absolute atomic E-state index is 0.0564. The quantitative estimate of drug-likeness (QED) is 0.508. The van der Waals surface area contributed by atoms with E-state index in [1.165, 1.54) is 16.8 Å². The number of esters is 1. The summed E-state index contributed by atoms with van der Waals surface area (Å²) < 4.78 is 10.8. The standard InChI is InChI=1S/C29H39N3O4/c1-4-35-28(33)13-14-30-16-18-31(19-17-30)25-10-11-26-22(2)12-15-32(23(3)27(26)20-25)29(34)36-21-24-8-6-5-7-9-24/h5-11,20,22-23H,4,12-19,21H2,1-3H3/t22-,23+/m1/s1. The van der Waals surface area contributed by atoms with E-state index in [9.17, 15) is 9.59 Å². The van der Waals surface area contributed by atoms with Gasteiger partial charge in [0.05, 0.1) is 19.1 Å². The maximum atomic E-state index is 13.1. The molecular formula is C29H39N3O4. The van der Waals surface area contributed by atoms with Gasteiger partial charge in [-0.25, -0.2) is 4.79 Å². The maximum Gasteiger partial charge on any atom is 0.410 e. The van der Waals surface area contributed by atoms with Crippen molar-refractivity contribution in [3.05, 3.63) is 65.2 Å². The lowest BCUT2D eigenvalue weighted by Gasteiger charge is -2.36. The lowest BCUT2D eigenvalue weighted by atomic mass is 9.91. The number of carbonyl (C=O) groups excluding carboxylic acids is 2. The van der Waals surface area contributed by atoms with Crippen LogP contribution in [-0.4, -0.2) is 67.7 Å². The van der Waals surface area contributed by atoms with E-state index in [0.717, 1.165) is 44.7 Å². The summed E-state index contributed by atoms with van der Waals surface area (Å²) in [7, 11) is 0. The van der Waals surface area contributed by atoms with Crippen LogP contribution in [-0.2, 0) is 20.9 Å². The van der Waals surface area contributed by atoms with E-state index in [2.05, 4.69) is 41.8 Å². The molecule has 7 nitrogen and oxygen atoms in total. The van der Waals surface area contributed by atoms with Crippen LogP contribution in [0, 0.1) is 0 Å². The van der Waals surface area contributed by atoms with Crippen molar-refractivity contribution in [2.24, 2.45) is 0 Å². The Bertz CT molecular complexity index is 1020. The second-order valence-corrected chi connectivity index (χ2v) is 9.80. The van der Waals surface area contributed by atoms with Gasteiger partial charge >= 0.3 is 12.1 Å². The highest BCUT2D eigenvalue weighted by Crippen LogP contribution is 2.37. The molecule has 1 saturated heterocycles. The van der Waals surface area contributed by atoms with Gasteiger partial charge < -0.3 is 19.3 Å². The third-order valence-corrected chi connectivity index (χ3v) is 7.44. The summed E-state index contributed by atoms with van der Waals surface area (Å²) in [6, 6.07) is 16.5. The van der Waals surface area contributed by atoms with E-state index in [1.54, 1.807) is 0 Å². The topological polar surface area (TPSA) is 62.3 Å². The fourth-order valence-corrected chi connectivity index (χ4v) is 5.18. The molecule has 7 heteroatoms. The molecule has 2 aromatic rings. The number of nitrogens with zero attached hydrogens (tertiary/aromatic N) is 3. The first kappa shape index (κ1) is 26.0. The van der Waals surface area contributed by atoms with E-state index < -0.39 is 0 Å². The third kappa shape index (κ3) is 6.38. The van der Waals surface area contributed by atoms with Gasteiger partial charge in [0.25, 0.3) is 0 Å². The molecule has 0 spiro atoms. The monoisotopic (exact) mass is 493 g/mol. The highest BCUT2D eigenvalue weighted by atomic mass is 16.6. The number of anilines is 1. The molecule has 0 bridgehead atoms. The van der Waals surface area contributed by atoms with Crippen molar-refractivity contribution in [3.8, 4) is 0 Å². The van der Waals surface area contributed by atoms with Crippen LogP contribution in [0.1, 0.15) is 62.3 Å². The molecule has 1 fully saturated rings. The van der Waals surface area contributed by atoms with Gasteiger partial charge in [0.2, 0.25) is 0 Å². The Morgan fingerprint density at radius 2 is 1.67 bits per heavy atom. The minimum atomic E-state index is -0.257. The summed E-state index contributed by atoms with van der Waals surface area (Å²) >= 11 is 0. The highest BCUT2D eigenvalue weighted by molar-refractivity contribution is 5.70. The molecule has 0 unspecified atom stereocenters. The largest absolute Gasteiger partial charge is 0.466 e. The smallest absolute Gasteiger partial charge is 0.410 e. The number of hydrogen-bond acceptors (Lipinski definition) is 6. The van der Waals surface area contributed by atoms with Crippen molar-refractivity contribution in [3.63, 3.8) is 0 Å². The van der Waals surface area contributed by atoms with Gasteiger partial charge in [0.1, 0.15) is 6.61 Å². The minimum Gasteiger partial charge on any atom is -0.466 e. The number of ether oxygens (including phenoxy) is 2. The fraction of sp³-hybridized carbons (Fsp3) is 0.517. The van der Waals surface area contributed by atoms with Gasteiger partial charge in [-0.3, -0.25) is 9.69 Å². The van der Waals surface area contributed by atoms with E-state index in [1.807, 2.05) is 42.2 Å². The number of piperazine rings is 1. The fourth-order valence-electron chi connectivity index (χ4n) is 5.18. The van der Waals surface area contributed by atoms with Crippen molar-refractivity contribution in [2.45, 2.75) is 52.2 Å². The molecule has 1 amide bonds. The summed E-state index contributed by atoms with van der Waals surface area (Å²) in [6.07, 6.45) is 1.10. The molecule has 194 valence electrons. The average molecular weight is 494 g/mol. The second-order valence-electron chi connectivity index (χ2n) is 9.80. The number of hydrogen-bond donors (Lipinski definition) is 0. The molecule has 0 aromatic heterocycles. The third-order valence-electron chi connectivity index (χ3n) is 7.44. The molecule has 2 aliphatic rings. The summed E-state index contributed by atoms with van der Waals surface area (Å²) in [5.74, 6) is 0.254. The number of rotatable bonds is 7. The van der Waals surface area contributed by atoms with Gasteiger partial charge in [-0.1, -0.05) is 43.3 Å². The normalized spacial score (nSPS) is 20.4. The zero-order chi connectivity index (χ0) is 25.5. The zero-order valence-corrected chi connectivity index (χ0v) is 21.8. The molecule has 2 aliphatic heterocycles. The predicted molar refractivity (Wildman–Crippen MR) is 141 cm³/mol. The average Bonchev–Trinajstić information content (AvgIpc) is 3.03. The molecule has 2 atom stereocenters. The summed E-state index contributed by atoms with van der Waals surface area (Å²) in [6.45, 7) is 12.0. The van der Waals surface area contributed by atoms with Gasteiger partial charge in [0, 0.05) is 45.0 Å². The van der Waals surface area contributed by atoms with Crippen LogP contribution in [0.5, 0.6) is 0 Å². The molecule has 0 saturated carbocycles. The van der Waals surface area contributed by atoms with Crippen LogP contribution >= 0.6 is 0 Å². The summed E-state index contributed by atoms with van der Waals surface area (Å²) in [5.41, 5.74) is 4.71. The van der Waals surface area contributed by atoms with Crippen molar-refractivity contribution in [2.75, 3.05) is 50.8 Å². The van der Waals surface area contributed by atoms with Gasteiger partial charge in [-0.05, 0) is 55.0 Å². The Labute approximate surface area is 215 Å². The SMILES string of the molecule is CCOC(=O)CCN1CCN(c2ccc3c(c2)[C@H](C)N(C(=O)OCc2ccccc2)CC[C@H]3C)CC1. The lowest BCUT2D eigenvalue weighted by molar-refractivity contribution is -0.143. The molecular weight excluding hydrogens is 454 g/mol. The molecule has 36 heavy (non-hydrogen) atoms. The van der Waals surface area contributed by atoms with Crippen molar-refractivity contribution in [1.29, 1.82) is 0 Å². The first-order valence-electron chi connectivity index (χ1n) is 13.2. The van der Waals surface area contributed by atoms with E-state index in [-0.39, 0.29) is 24.7 Å². The first-order valence-corrected chi connectivity index (χ1v) is 13.2. The maximum absolute atomic E-state index is 13.1. The van der Waals surface area contributed by atoms with Crippen LogP contribution in [0.2, 0.25) is 0 Å². The summed E-state index contributed by atoms with van der Waals surface area (Å²) in [5, 5.41) is 0. The van der Waals surface area contributed by atoms with Gasteiger partial charge in [-0.2, -0.15) is 0 Å². The van der Waals surface area contributed by atoms with Crippen molar-refractivity contribution >= 4 is 17.7 Å². The van der Waals surface area contributed by atoms with Crippen LogP contribution < -0.4 is 4.90 Å². The first-order chi connectivity index (χ1) is 17.5. The van der Waals surface area contributed by atoms with Crippen LogP contribution in [0.3, 0.4) is 0 Å². The Morgan fingerprint density at radius 1 is 0.917 bits per heavy atom. The van der Waals surface area contributed by atoms with E-state index >= 15 is 0 Å². The van der Waals surface area contributed by atoms with Crippen LogP contribution in [0.15, 0.2) is 48.5 Å². The zero-order valence-electron chi connectivity index (χ0n) is 21.8. The second kappa shape index (κ2) is 12.3. The lowest BCUT2D eigenvalue weighted by Crippen LogP contribution is -2.47. The summed E-state index contributed by atoms with van der Waals surface area (Å²) in [4.78, 5) is 31.4. The highest BCUT2D eigenvalue weighted by Gasteiger charge is 2.30. The van der Waals surface area contributed by atoms with Gasteiger partial charge in [-0.15, -0.1) is 0 Å². The number of amides is 1. The number of benzene rings is 2. The molecule has 0 radical (unpaired) electrons. The Balaban J connectivity index is 1.40. The Hall–Kier alpha value is -3.06. The Kier molecular flexibility index (Phi) is 8.86. The molecule has 4 rings (SSSR count).